The van der Waals surface area contributed by atoms with Gasteiger partial charge in [0.1, 0.15) is 0 Å². The molecule has 1 rings (SSSR count). The van der Waals surface area contributed by atoms with E-state index in [1.165, 1.54) is 0 Å². The van der Waals surface area contributed by atoms with Gasteiger partial charge >= 0.3 is 0 Å². The average Bonchev–Trinajstić information content (AvgIpc) is 2.04. The largest absolute Gasteiger partial charge is 0.228 e. The van der Waals surface area contributed by atoms with E-state index in [1.54, 1.807) is 20.8 Å². The zero-order valence-electron chi connectivity index (χ0n) is 8.58. The second-order valence-corrected chi connectivity index (χ2v) is 7.48. The van der Waals surface area contributed by atoms with Gasteiger partial charge < -0.3 is 0 Å². The van der Waals surface area contributed by atoms with Crippen LogP contribution in [-0.2, 0) is 9.84 Å². The van der Waals surface area contributed by atoms with Crippen LogP contribution >= 0.6 is 0 Å². The molecule has 1 atom stereocenters. The number of rotatable bonds is 1. The molecule has 0 saturated carbocycles. The Bertz CT molecular complexity index is 293. The van der Waals surface area contributed by atoms with Crippen molar-refractivity contribution in [1.82, 2.24) is 0 Å². The summed E-state index contributed by atoms with van der Waals surface area (Å²) in [7, 11) is -2.99. The maximum Gasteiger partial charge on any atom is 0.161 e. The van der Waals surface area contributed by atoms with E-state index >= 15 is 0 Å². The number of hydrogen-bond acceptors (Lipinski definition) is 2. The van der Waals surface area contributed by atoms with Crippen molar-refractivity contribution in [3.05, 3.63) is 12.2 Å². The summed E-state index contributed by atoms with van der Waals surface area (Å²) in [5.41, 5.74) is 0. The third-order valence-corrected chi connectivity index (χ3v) is 5.36. The Balaban J connectivity index is 2.93. The van der Waals surface area contributed by atoms with Gasteiger partial charge in [-0.1, -0.05) is 12.2 Å². The molecule has 0 heterocycles. The molecule has 76 valence electrons. The van der Waals surface area contributed by atoms with E-state index in [0.29, 0.717) is 0 Å². The molecule has 0 amide bonds. The molecule has 3 heteroatoms. The summed E-state index contributed by atoms with van der Waals surface area (Å²) >= 11 is 0. The van der Waals surface area contributed by atoms with Crippen molar-refractivity contribution >= 4 is 9.84 Å². The first kappa shape index (κ1) is 10.8. The average molecular weight is 202 g/mol. The van der Waals surface area contributed by atoms with Crippen molar-refractivity contribution < 1.29 is 8.42 Å². The van der Waals surface area contributed by atoms with Crippen LogP contribution in [0.25, 0.3) is 0 Å². The number of sulfone groups is 1. The monoisotopic (exact) mass is 202 g/mol. The van der Waals surface area contributed by atoms with Gasteiger partial charge in [-0.05, 0) is 40.0 Å². The Morgan fingerprint density at radius 3 is 2.31 bits per heavy atom. The van der Waals surface area contributed by atoms with Crippen molar-refractivity contribution in [2.24, 2.45) is 0 Å². The lowest BCUT2D eigenvalue weighted by Crippen LogP contribution is -2.36. The first-order valence-corrected chi connectivity index (χ1v) is 6.30. The van der Waals surface area contributed by atoms with Crippen LogP contribution in [0.5, 0.6) is 0 Å². The molecule has 13 heavy (non-hydrogen) atoms. The zero-order valence-corrected chi connectivity index (χ0v) is 9.39. The topological polar surface area (TPSA) is 34.1 Å². The molecule has 0 N–H and O–H groups in total. The highest BCUT2D eigenvalue weighted by Crippen LogP contribution is 2.27. The highest BCUT2D eigenvalue weighted by Gasteiger charge is 2.35. The quantitative estimate of drug-likeness (QED) is 0.611. The van der Waals surface area contributed by atoms with E-state index in [2.05, 4.69) is 0 Å². The van der Waals surface area contributed by atoms with Crippen molar-refractivity contribution in [1.29, 1.82) is 0 Å². The van der Waals surface area contributed by atoms with E-state index in [0.717, 1.165) is 19.3 Å². The third-order valence-electron chi connectivity index (χ3n) is 2.46. The predicted octanol–water partition coefficient (Wildman–Crippen LogP) is 2.31. The van der Waals surface area contributed by atoms with Gasteiger partial charge in [0.25, 0.3) is 0 Å². The fraction of sp³-hybridized carbons (Fsp3) is 0.800. The summed E-state index contributed by atoms with van der Waals surface area (Å²) in [6.07, 6.45) is 6.64. The summed E-state index contributed by atoms with van der Waals surface area (Å²) in [6.45, 7) is 5.31. The van der Waals surface area contributed by atoms with E-state index < -0.39 is 14.6 Å². The Morgan fingerprint density at radius 2 is 1.92 bits per heavy atom. The first-order valence-electron chi connectivity index (χ1n) is 4.76. The second kappa shape index (κ2) is 3.45. The molecular formula is C10H18O2S. The molecule has 0 aliphatic heterocycles. The summed E-state index contributed by atoms with van der Waals surface area (Å²) in [6, 6.07) is 0. The van der Waals surface area contributed by atoms with Crippen molar-refractivity contribution in [2.75, 3.05) is 0 Å². The van der Waals surface area contributed by atoms with Crippen LogP contribution < -0.4 is 0 Å². The number of allylic oxidation sites excluding steroid dienone is 1. The summed E-state index contributed by atoms with van der Waals surface area (Å²) in [4.78, 5) is 0. The van der Waals surface area contributed by atoms with Crippen LogP contribution in [0.15, 0.2) is 12.2 Å². The normalized spacial score (nSPS) is 24.7. The molecule has 0 saturated heterocycles. The minimum absolute atomic E-state index is 0.249. The van der Waals surface area contributed by atoms with E-state index in [-0.39, 0.29) is 5.25 Å². The standard InChI is InChI=1S/C10H18O2S/c1-10(2,3)13(11,12)9-7-5-4-6-8-9/h5,7,9H,4,6,8H2,1-3H3/t9-/m1/s1. The van der Waals surface area contributed by atoms with E-state index in [4.69, 9.17) is 0 Å². The Kier molecular flexibility index (Phi) is 2.85. The van der Waals surface area contributed by atoms with Gasteiger partial charge in [0.2, 0.25) is 0 Å². The molecule has 0 spiro atoms. The summed E-state index contributed by atoms with van der Waals surface area (Å²) in [5.74, 6) is 0. The molecule has 0 fully saturated rings. The molecule has 1 aliphatic carbocycles. The molecule has 0 bridgehead atoms. The van der Waals surface area contributed by atoms with E-state index in [1.807, 2.05) is 12.2 Å². The molecule has 0 unspecified atom stereocenters. The molecule has 0 aromatic heterocycles. The lowest BCUT2D eigenvalue weighted by atomic mass is 10.1. The van der Waals surface area contributed by atoms with Crippen LogP contribution in [0.4, 0.5) is 0 Å². The fourth-order valence-corrected chi connectivity index (χ4v) is 3.20. The van der Waals surface area contributed by atoms with E-state index in [9.17, 15) is 8.42 Å². The molecule has 2 nitrogen and oxygen atoms in total. The maximum atomic E-state index is 12.0. The second-order valence-electron chi connectivity index (χ2n) is 4.55. The Hall–Kier alpha value is -0.310. The minimum Gasteiger partial charge on any atom is -0.228 e. The van der Waals surface area contributed by atoms with Crippen LogP contribution in [-0.4, -0.2) is 18.4 Å². The van der Waals surface area contributed by atoms with Gasteiger partial charge in [-0.3, -0.25) is 0 Å². The van der Waals surface area contributed by atoms with Crippen molar-refractivity contribution in [3.8, 4) is 0 Å². The zero-order chi connectivity index (χ0) is 10.1. The minimum atomic E-state index is -2.99. The Morgan fingerprint density at radius 1 is 1.31 bits per heavy atom. The van der Waals surface area contributed by atoms with Crippen molar-refractivity contribution in [3.63, 3.8) is 0 Å². The fourth-order valence-electron chi connectivity index (χ4n) is 1.49. The highest BCUT2D eigenvalue weighted by molar-refractivity contribution is 7.93. The SMILES string of the molecule is CC(C)(C)S(=O)(=O)[C@@H]1C=CCCC1. The molecule has 1 aliphatic rings. The van der Waals surface area contributed by atoms with Gasteiger partial charge in [-0.15, -0.1) is 0 Å². The summed E-state index contributed by atoms with van der Waals surface area (Å²) in [5, 5.41) is -0.249. The molecular weight excluding hydrogens is 184 g/mol. The third kappa shape index (κ3) is 2.13. The van der Waals surface area contributed by atoms with Gasteiger partial charge in [-0.2, -0.15) is 0 Å². The van der Waals surface area contributed by atoms with Crippen LogP contribution in [0, 0.1) is 0 Å². The molecule has 0 radical (unpaired) electrons. The lowest BCUT2D eigenvalue weighted by molar-refractivity contribution is 0.542. The van der Waals surface area contributed by atoms with Gasteiger partial charge in [0, 0.05) is 0 Å². The van der Waals surface area contributed by atoms with Crippen LogP contribution in [0.1, 0.15) is 40.0 Å². The highest BCUT2D eigenvalue weighted by atomic mass is 32.2. The first-order chi connectivity index (χ1) is 5.86. The van der Waals surface area contributed by atoms with Gasteiger partial charge in [-0.25, -0.2) is 8.42 Å². The van der Waals surface area contributed by atoms with Crippen molar-refractivity contribution in [2.45, 2.75) is 50.0 Å². The molecule has 0 aromatic carbocycles. The lowest BCUT2D eigenvalue weighted by Gasteiger charge is -2.26. The smallest absolute Gasteiger partial charge is 0.161 e. The Labute approximate surface area is 81.0 Å². The van der Waals surface area contributed by atoms with Crippen LogP contribution in [0.2, 0.25) is 0 Å². The van der Waals surface area contributed by atoms with Gasteiger partial charge in [0.05, 0.1) is 10.00 Å². The predicted molar refractivity (Wildman–Crippen MR) is 55.5 cm³/mol. The molecule has 0 aromatic rings. The van der Waals surface area contributed by atoms with Crippen LogP contribution in [0.3, 0.4) is 0 Å². The maximum absolute atomic E-state index is 12.0. The van der Waals surface area contributed by atoms with Gasteiger partial charge in [0.15, 0.2) is 9.84 Å². The summed E-state index contributed by atoms with van der Waals surface area (Å²) < 4.78 is 23.3. The number of hydrogen-bond donors (Lipinski definition) is 0.